The zero-order valence-electron chi connectivity index (χ0n) is 17.7. The van der Waals surface area contributed by atoms with E-state index < -0.39 is 23.5 Å². The number of methoxy groups -OCH3 is 1. The fourth-order valence-electron chi connectivity index (χ4n) is 4.07. The molecule has 0 saturated heterocycles. The zero-order valence-corrected chi connectivity index (χ0v) is 20.0. The fourth-order valence-corrected chi connectivity index (χ4v) is 4.68. The maximum absolute atomic E-state index is 13.7. The Kier molecular flexibility index (Phi) is 5.63. The van der Waals surface area contributed by atoms with Gasteiger partial charge in [0.1, 0.15) is 0 Å². The Morgan fingerprint density at radius 2 is 1.94 bits per heavy atom. The van der Waals surface area contributed by atoms with Crippen LogP contribution >= 0.6 is 27.5 Å². The third kappa shape index (κ3) is 3.65. The number of nitrogens with zero attached hydrogens (tertiary/aromatic N) is 2. The fraction of sp³-hybridized carbons (Fsp3) is 0.0800. The van der Waals surface area contributed by atoms with E-state index in [4.69, 9.17) is 20.8 Å². The number of rotatable bonds is 5. The van der Waals surface area contributed by atoms with E-state index >= 15 is 0 Å². The number of hydrogen-bond donors (Lipinski definition) is 1. The maximum Gasteiger partial charge on any atom is 0.294 e. The number of furan rings is 1. The van der Waals surface area contributed by atoms with E-state index in [9.17, 15) is 14.7 Å². The Bertz CT molecular complexity index is 1480. The summed E-state index contributed by atoms with van der Waals surface area (Å²) in [7, 11) is 1.47. The van der Waals surface area contributed by atoms with Gasteiger partial charge in [-0.1, -0.05) is 33.6 Å². The predicted octanol–water partition coefficient (Wildman–Crippen LogP) is 6.04. The van der Waals surface area contributed by atoms with Crippen LogP contribution in [0.4, 0.5) is 5.69 Å². The molecule has 7 nitrogen and oxygen atoms in total. The molecule has 170 valence electrons. The Hall–Kier alpha value is -3.62. The summed E-state index contributed by atoms with van der Waals surface area (Å²) >= 11 is 9.56. The second-order valence-corrected chi connectivity index (χ2v) is 8.92. The Morgan fingerprint density at radius 3 is 2.65 bits per heavy atom. The van der Waals surface area contributed by atoms with Crippen molar-refractivity contribution in [3.05, 3.63) is 99.1 Å². The van der Waals surface area contributed by atoms with E-state index in [1.54, 1.807) is 54.9 Å². The number of amides is 1. The maximum atomic E-state index is 13.7. The summed E-state index contributed by atoms with van der Waals surface area (Å²) < 4.78 is 11.9. The minimum Gasteiger partial charge on any atom is -0.503 e. The molecule has 0 saturated carbocycles. The highest BCUT2D eigenvalue weighted by atomic mass is 79.9. The number of aromatic nitrogens is 1. The molecule has 3 heterocycles. The minimum atomic E-state index is -0.893. The number of aliphatic hydroxyl groups is 1. The molecule has 1 atom stereocenters. The topological polar surface area (TPSA) is 92.9 Å². The quantitative estimate of drug-likeness (QED) is 0.311. The molecule has 1 unspecified atom stereocenters. The lowest BCUT2D eigenvalue weighted by atomic mass is 9.95. The molecule has 0 fully saturated rings. The van der Waals surface area contributed by atoms with E-state index in [-0.39, 0.29) is 11.3 Å². The minimum absolute atomic E-state index is 0.0555. The lowest BCUT2D eigenvalue weighted by Gasteiger charge is -2.26. The average Bonchev–Trinajstić information content (AvgIpc) is 3.37. The molecule has 0 spiro atoms. The van der Waals surface area contributed by atoms with Gasteiger partial charge in [-0.25, -0.2) is 0 Å². The smallest absolute Gasteiger partial charge is 0.294 e. The van der Waals surface area contributed by atoms with Crippen LogP contribution in [0.2, 0.25) is 5.02 Å². The average molecular weight is 540 g/mol. The van der Waals surface area contributed by atoms with Crippen molar-refractivity contribution >= 4 is 55.9 Å². The van der Waals surface area contributed by atoms with Gasteiger partial charge in [0, 0.05) is 39.0 Å². The largest absolute Gasteiger partial charge is 0.503 e. The molecule has 1 aliphatic rings. The van der Waals surface area contributed by atoms with E-state index in [0.29, 0.717) is 33.0 Å². The molecule has 0 radical (unpaired) electrons. The Morgan fingerprint density at radius 1 is 1.18 bits per heavy atom. The van der Waals surface area contributed by atoms with E-state index in [0.717, 1.165) is 4.47 Å². The first-order valence-corrected chi connectivity index (χ1v) is 11.3. The first kappa shape index (κ1) is 22.2. The third-order valence-corrected chi connectivity index (χ3v) is 6.26. The second-order valence-electron chi connectivity index (χ2n) is 7.57. The van der Waals surface area contributed by atoms with Gasteiger partial charge >= 0.3 is 0 Å². The van der Waals surface area contributed by atoms with Gasteiger partial charge in [0.15, 0.2) is 22.9 Å². The first-order valence-electron chi connectivity index (χ1n) is 10.1. The van der Waals surface area contributed by atoms with Gasteiger partial charge in [-0.15, -0.1) is 0 Å². The monoisotopic (exact) mass is 538 g/mol. The molecule has 34 heavy (non-hydrogen) atoms. The van der Waals surface area contributed by atoms with E-state index in [1.807, 2.05) is 6.07 Å². The van der Waals surface area contributed by atoms with Gasteiger partial charge in [-0.2, -0.15) is 0 Å². The lowest BCUT2D eigenvalue weighted by Crippen LogP contribution is -2.31. The predicted molar refractivity (Wildman–Crippen MR) is 130 cm³/mol. The number of Topliss-reactive ketones (excluding diaryl/α,β-unsaturated/α-hetero) is 1. The van der Waals surface area contributed by atoms with Crippen molar-refractivity contribution in [1.29, 1.82) is 0 Å². The zero-order chi connectivity index (χ0) is 24.0. The third-order valence-electron chi connectivity index (χ3n) is 5.55. The first-order chi connectivity index (χ1) is 16.4. The highest BCUT2D eigenvalue weighted by Crippen LogP contribution is 2.43. The summed E-state index contributed by atoms with van der Waals surface area (Å²) in [6.45, 7) is 0. The number of fused-ring (bicyclic) bond motifs is 1. The van der Waals surface area contributed by atoms with Crippen molar-refractivity contribution in [2.24, 2.45) is 0 Å². The molecule has 1 amide bonds. The molecule has 5 rings (SSSR count). The number of ether oxygens (including phenoxy) is 1. The van der Waals surface area contributed by atoms with Gasteiger partial charge in [0.2, 0.25) is 5.78 Å². The van der Waals surface area contributed by atoms with Crippen molar-refractivity contribution in [1.82, 2.24) is 4.98 Å². The van der Waals surface area contributed by atoms with Crippen LogP contribution in [0.25, 0.3) is 11.0 Å². The number of carbonyl (C=O) groups excluding carboxylic acids is 2. The normalized spacial score (nSPS) is 15.9. The van der Waals surface area contributed by atoms with E-state index in [2.05, 4.69) is 20.9 Å². The highest BCUT2D eigenvalue weighted by Gasteiger charge is 2.45. The van der Waals surface area contributed by atoms with Crippen LogP contribution < -0.4 is 9.64 Å². The molecule has 4 aromatic rings. The SMILES string of the molecule is COc1cc(Cl)cc2cc(C(=O)C3=C(O)C(=O)N(c4cccc(Br)c4)C3c3ccncc3)oc12. The van der Waals surface area contributed by atoms with Gasteiger partial charge in [-0.05, 0) is 48.0 Å². The van der Waals surface area contributed by atoms with Crippen LogP contribution in [0.15, 0.2) is 87.2 Å². The summed E-state index contributed by atoms with van der Waals surface area (Å²) in [6.07, 6.45) is 3.12. The highest BCUT2D eigenvalue weighted by molar-refractivity contribution is 9.10. The van der Waals surface area contributed by atoms with Crippen molar-refractivity contribution in [3.63, 3.8) is 0 Å². The number of pyridine rings is 1. The van der Waals surface area contributed by atoms with Crippen molar-refractivity contribution in [2.75, 3.05) is 12.0 Å². The molecule has 2 aromatic heterocycles. The molecule has 0 bridgehead atoms. The Labute approximate surface area is 207 Å². The van der Waals surface area contributed by atoms with Gasteiger partial charge in [-0.3, -0.25) is 19.5 Å². The molecule has 1 aliphatic heterocycles. The number of aliphatic hydroxyl groups excluding tert-OH is 1. The van der Waals surface area contributed by atoms with Crippen LogP contribution in [0, 0.1) is 0 Å². The second kappa shape index (κ2) is 8.62. The van der Waals surface area contributed by atoms with Crippen LogP contribution in [0.5, 0.6) is 5.75 Å². The molecule has 2 aromatic carbocycles. The summed E-state index contributed by atoms with van der Waals surface area (Å²) in [6, 6.07) is 14.3. The van der Waals surface area contributed by atoms with Gasteiger partial charge in [0.25, 0.3) is 5.91 Å². The van der Waals surface area contributed by atoms with Crippen LogP contribution in [-0.4, -0.2) is 28.9 Å². The van der Waals surface area contributed by atoms with Gasteiger partial charge < -0.3 is 14.3 Å². The summed E-state index contributed by atoms with van der Waals surface area (Å²) in [5, 5.41) is 11.9. The van der Waals surface area contributed by atoms with E-state index in [1.165, 1.54) is 18.1 Å². The molecular formula is C25H16BrClN2O5. The summed E-state index contributed by atoms with van der Waals surface area (Å²) in [4.78, 5) is 32.3. The molecular weight excluding hydrogens is 524 g/mol. The number of anilines is 1. The summed E-state index contributed by atoms with van der Waals surface area (Å²) in [5.74, 6) is -1.65. The van der Waals surface area contributed by atoms with Crippen LogP contribution in [-0.2, 0) is 4.79 Å². The van der Waals surface area contributed by atoms with Crippen molar-refractivity contribution in [3.8, 4) is 5.75 Å². The standard InChI is InChI=1S/C25H16BrClN2O5/c1-33-19-12-16(27)9-14-10-18(34-24(14)19)22(30)20-21(13-5-7-28-8-6-13)29(25(32)23(20)31)17-4-2-3-15(26)11-17/h2-12,21,31H,1H3. The van der Waals surface area contributed by atoms with Crippen molar-refractivity contribution < 1.29 is 23.8 Å². The Balaban J connectivity index is 1.66. The number of halogens is 2. The molecule has 0 aliphatic carbocycles. The van der Waals surface area contributed by atoms with Crippen LogP contribution in [0.1, 0.15) is 22.2 Å². The lowest BCUT2D eigenvalue weighted by molar-refractivity contribution is -0.117. The van der Waals surface area contributed by atoms with Crippen molar-refractivity contribution in [2.45, 2.75) is 6.04 Å². The number of ketones is 1. The van der Waals surface area contributed by atoms with Gasteiger partial charge in [0.05, 0.1) is 18.7 Å². The molecule has 1 N–H and O–H groups in total. The number of carbonyl (C=O) groups is 2. The number of hydrogen-bond acceptors (Lipinski definition) is 6. The molecule has 9 heteroatoms. The summed E-state index contributed by atoms with van der Waals surface area (Å²) in [5.41, 5.74) is 1.35. The number of benzene rings is 2. The van der Waals surface area contributed by atoms with Crippen LogP contribution in [0.3, 0.4) is 0 Å².